The minimum absolute atomic E-state index is 0.00665. The Kier molecular flexibility index (Phi) is 9.23. The van der Waals surface area contributed by atoms with E-state index in [0.717, 1.165) is 0 Å². The molecule has 244 valence electrons. The molecule has 8 N–H and O–H groups in total. The Morgan fingerprint density at radius 3 is 2.49 bits per heavy atom. The van der Waals surface area contributed by atoms with E-state index in [-0.39, 0.29) is 16.5 Å². The smallest absolute Gasteiger partial charge is 0.358 e. The van der Waals surface area contributed by atoms with Gasteiger partial charge in [0.15, 0.2) is 6.10 Å². The molecule has 1 aromatic rings. The zero-order valence-electron chi connectivity index (χ0n) is 24.0. The molecule has 5 rings (SSSR count). The lowest BCUT2D eigenvalue weighted by Crippen LogP contribution is -2.64. The number of esters is 1. The number of rotatable bonds is 9. The monoisotopic (exact) mass is 651 g/mol. The van der Waals surface area contributed by atoms with E-state index in [9.17, 15) is 54.6 Å². The number of thioether (sulfide) groups is 1. The number of carbonyl (C=O) groups excluding carboxylic acids is 3. The molecule has 45 heavy (non-hydrogen) atoms. The number of aromatic carboxylic acids is 1. The van der Waals surface area contributed by atoms with Crippen LogP contribution in [-0.4, -0.2) is 126 Å². The Hall–Kier alpha value is -3.58. The van der Waals surface area contributed by atoms with Crippen molar-refractivity contribution in [2.45, 2.75) is 74.4 Å². The van der Waals surface area contributed by atoms with Crippen molar-refractivity contribution in [2.75, 3.05) is 11.9 Å². The van der Waals surface area contributed by atoms with Gasteiger partial charge in [-0.2, -0.15) is 0 Å². The Morgan fingerprint density at radius 2 is 1.84 bits per heavy atom. The summed E-state index contributed by atoms with van der Waals surface area (Å²) in [5.41, 5.74) is 0.116. The highest BCUT2D eigenvalue weighted by molar-refractivity contribution is 8.03. The van der Waals surface area contributed by atoms with E-state index >= 15 is 0 Å². The van der Waals surface area contributed by atoms with Crippen molar-refractivity contribution in [3.63, 3.8) is 0 Å². The zero-order chi connectivity index (χ0) is 32.9. The summed E-state index contributed by atoms with van der Waals surface area (Å²) in [4.78, 5) is 63.9. The van der Waals surface area contributed by atoms with Gasteiger partial charge in [-0.15, -0.1) is 11.8 Å². The van der Waals surface area contributed by atoms with E-state index in [0.29, 0.717) is 23.6 Å². The summed E-state index contributed by atoms with van der Waals surface area (Å²) in [6.45, 7) is 3.54. The van der Waals surface area contributed by atoms with Gasteiger partial charge in [0, 0.05) is 28.3 Å². The van der Waals surface area contributed by atoms with Gasteiger partial charge in [-0.3, -0.25) is 9.59 Å². The number of β-lactam (4-membered cyclic amide) rings is 1. The lowest BCUT2D eigenvalue weighted by molar-refractivity contribution is -0.285. The Labute approximate surface area is 260 Å². The van der Waals surface area contributed by atoms with Gasteiger partial charge < -0.3 is 55.6 Å². The number of ether oxygens (including phenoxy) is 2. The molecule has 4 aliphatic rings. The van der Waals surface area contributed by atoms with Crippen LogP contribution in [-0.2, 0) is 28.7 Å². The minimum atomic E-state index is -2.01. The average molecular weight is 652 g/mol. The van der Waals surface area contributed by atoms with Crippen molar-refractivity contribution in [3.8, 4) is 0 Å². The summed E-state index contributed by atoms with van der Waals surface area (Å²) >= 11 is 1.22. The number of aliphatic carboxylic acids is 1. The molecule has 16 nitrogen and oxygen atoms in total. The third-order valence-electron chi connectivity index (χ3n) is 8.42. The second-order valence-corrected chi connectivity index (χ2v) is 12.8. The Morgan fingerprint density at radius 1 is 1.13 bits per heavy atom. The van der Waals surface area contributed by atoms with Crippen LogP contribution in [0, 0.1) is 11.8 Å². The number of anilines is 1. The summed E-state index contributed by atoms with van der Waals surface area (Å²) in [7, 11) is 0. The van der Waals surface area contributed by atoms with Crippen molar-refractivity contribution < 1.29 is 64.1 Å². The van der Waals surface area contributed by atoms with Gasteiger partial charge in [-0.1, -0.05) is 13.0 Å². The average Bonchev–Trinajstić information content (AvgIpc) is 3.54. The number of carboxylic acid groups (broad SMARTS) is 2. The van der Waals surface area contributed by atoms with Gasteiger partial charge in [-0.25, -0.2) is 14.4 Å². The highest BCUT2D eigenvalue weighted by atomic mass is 32.2. The fourth-order valence-electron chi connectivity index (χ4n) is 6.11. The fraction of sp³-hybridized carbons (Fsp3) is 0.536. The van der Waals surface area contributed by atoms with E-state index < -0.39 is 90.5 Å². The van der Waals surface area contributed by atoms with Crippen LogP contribution in [0.25, 0.3) is 0 Å². The second kappa shape index (κ2) is 12.7. The highest BCUT2D eigenvalue weighted by Crippen LogP contribution is 2.52. The number of amides is 2. The minimum Gasteiger partial charge on any atom is -0.479 e. The molecule has 3 saturated heterocycles. The third-order valence-corrected chi connectivity index (χ3v) is 9.93. The maximum Gasteiger partial charge on any atom is 0.358 e. The molecule has 0 aliphatic carbocycles. The molecule has 2 amide bonds. The molecule has 5 unspecified atom stereocenters. The number of carboxylic acids is 2. The topological polar surface area (TPSA) is 252 Å². The van der Waals surface area contributed by atoms with E-state index in [4.69, 9.17) is 9.47 Å². The van der Waals surface area contributed by atoms with Crippen LogP contribution in [0.2, 0.25) is 0 Å². The first-order valence-corrected chi connectivity index (χ1v) is 15.0. The fourth-order valence-corrected chi connectivity index (χ4v) is 7.59. The van der Waals surface area contributed by atoms with E-state index in [2.05, 4.69) is 10.6 Å². The van der Waals surface area contributed by atoms with Crippen molar-refractivity contribution in [3.05, 3.63) is 40.4 Å². The van der Waals surface area contributed by atoms with Crippen LogP contribution in [0.3, 0.4) is 0 Å². The maximum absolute atomic E-state index is 13.6. The Balaban J connectivity index is 1.34. The molecule has 0 saturated carbocycles. The number of nitrogens with one attached hydrogen (secondary N) is 2. The summed E-state index contributed by atoms with van der Waals surface area (Å²) < 4.78 is 10.4. The number of hydrogen-bond acceptors (Lipinski definition) is 13. The largest absolute Gasteiger partial charge is 0.479 e. The van der Waals surface area contributed by atoms with Crippen LogP contribution < -0.4 is 10.6 Å². The summed E-state index contributed by atoms with van der Waals surface area (Å²) in [5.74, 6) is -6.18. The molecule has 0 aromatic heterocycles. The number of fused-ring (bicyclic) bond motifs is 1. The first-order valence-electron chi connectivity index (χ1n) is 14.1. The molecule has 4 heterocycles. The number of nitrogens with zero attached hydrogens (tertiary/aromatic N) is 1. The maximum atomic E-state index is 13.6. The van der Waals surface area contributed by atoms with Crippen molar-refractivity contribution in [1.82, 2.24) is 10.2 Å². The van der Waals surface area contributed by atoms with Crippen LogP contribution >= 0.6 is 11.8 Å². The highest BCUT2D eigenvalue weighted by Gasteiger charge is 2.61. The van der Waals surface area contributed by atoms with Crippen LogP contribution in [0.15, 0.2) is 34.9 Å². The SMILES string of the molecule is C[C@@H](O)[C@H]1C(=O)N2C(C(=O)OC3OC(C(=O)O)C(O)C(O)C3O)=C(S[C@@H]3CN[C@H](C(=O)Nc4cccc(C(=O)O)c4)C3)[C@H](C)[C@H]12. The van der Waals surface area contributed by atoms with E-state index in [1.54, 1.807) is 13.0 Å². The van der Waals surface area contributed by atoms with E-state index in [1.165, 1.54) is 41.8 Å². The van der Waals surface area contributed by atoms with Gasteiger partial charge in [0.1, 0.15) is 24.0 Å². The Bertz CT molecular complexity index is 1440. The number of benzene rings is 1. The zero-order valence-corrected chi connectivity index (χ0v) is 24.8. The quantitative estimate of drug-likeness (QED) is 0.109. The second-order valence-electron chi connectivity index (χ2n) is 11.4. The number of carbonyl (C=O) groups is 5. The molecular weight excluding hydrogens is 618 g/mol. The third kappa shape index (κ3) is 6.04. The predicted molar refractivity (Wildman–Crippen MR) is 152 cm³/mol. The van der Waals surface area contributed by atoms with Gasteiger partial charge in [0.2, 0.25) is 18.1 Å². The van der Waals surface area contributed by atoms with Crippen molar-refractivity contribution >= 4 is 47.2 Å². The summed E-state index contributed by atoms with van der Waals surface area (Å²) in [6.07, 6.45) is -10.8. The van der Waals surface area contributed by atoms with Gasteiger partial charge >= 0.3 is 17.9 Å². The first kappa shape index (κ1) is 32.8. The lowest BCUT2D eigenvalue weighted by Gasteiger charge is -2.46. The molecule has 3 fully saturated rings. The molecular formula is C28H33N3O13S. The summed E-state index contributed by atoms with van der Waals surface area (Å²) in [5, 5.41) is 64.7. The molecule has 11 atom stereocenters. The van der Waals surface area contributed by atoms with Crippen LogP contribution in [0.5, 0.6) is 0 Å². The molecule has 0 spiro atoms. The molecule has 1 aromatic carbocycles. The number of aliphatic hydroxyl groups excluding tert-OH is 4. The van der Waals surface area contributed by atoms with Gasteiger partial charge in [0.25, 0.3) is 0 Å². The normalized spacial score (nSPS) is 35.0. The van der Waals surface area contributed by atoms with Crippen molar-refractivity contribution in [2.24, 2.45) is 11.8 Å². The van der Waals surface area contributed by atoms with E-state index in [1.807, 2.05) is 0 Å². The summed E-state index contributed by atoms with van der Waals surface area (Å²) in [6, 6.07) is 4.51. The van der Waals surface area contributed by atoms with Crippen LogP contribution in [0.4, 0.5) is 5.69 Å². The molecule has 0 radical (unpaired) electrons. The molecule has 0 bridgehead atoms. The molecule has 4 aliphatic heterocycles. The number of aliphatic hydroxyl groups is 4. The van der Waals surface area contributed by atoms with Crippen molar-refractivity contribution in [1.29, 1.82) is 0 Å². The standard InChI is InChI=1S/C28H33N3O13S/c1-9-16-15(10(2)32)24(37)31(16)17(27(42)44-28-20(35)18(33)19(34)21(43-28)26(40)41)22(9)45-13-7-14(29-8-13)23(36)30-12-5-3-4-11(6-12)25(38)39/h3-6,9-10,13-16,18-21,28-29,32-35H,7-8H2,1-2H3,(H,30,36)(H,38,39)(H,40,41)/t9-,10-,13+,14+,15-,16-,18?,19?,20?,21?,28?/m1/s1. The van der Waals surface area contributed by atoms with Gasteiger partial charge in [-0.05, 0) is 31.5 Å². The lowest BCUT2D eigenvalue weighted by atomic mass is 9.79. The first-order chi connectivity index (χ1) is 21.2. The predicted octanol–water partition coefficient (Wildman–Crippen LogP) is -1.71. The van der Waals surface area contributed by atoms with Crippen LogP contribution in [0.1, 0.15) is 30.6 Å². The number of hydrogen-bond donors (Lipinski definition) is 8. The van der Waals surface area contributed by atoms with Gasteiger partial charge in [0.05, 0.1) is 29.7 Å². The molecule has 17 heteroatoms.